The van der Waals surface area contributed by atoms with Crippen molar-refractivity contribution >= 4 is 5.69 Å². The van der Waals surface area contributed by atoms with E-state index in [1.807, 2.05) is 29.2 Å². The maximum absolute atomic E-state index is 12.6. The van der Waals surface area contributed by atoms with Crippen molar-refractivity contribution in [3.8, 4) is 0 Å². The smallest absolute Gasteiger partial charge is 0.369 e. The maximum atomic E-state index is 12.6. The van der Waals surface area contributed by atoms with Crippen LogP contribution in [0.3, 0.4) is 0 Å². The van der Waals surface area contributed by atoms with E-state index in [-0.39, 0.29) is 12.1 Å². The van der Waals surface area contributed by atoms with Gasteiger partial charge in [-0.1, -0.05) is 18.2 Å². The van der Waals surface area contributed by atoms with Crippen molar-refractivity contribution in [2.75, 3.05) is 18.0 Å². The highest BCUT2D eigenvalue weighted by molar-refractivity contribution is 5.55. The molecule has 0 radical (unpaired) electrons. The highest BCUT2D eigenvalue weighted by Gasteiger charge is 2.44. The second-order valence-electron chi connectivity index (χ2n) is 6.46. The van der Waals surface area contributed by atoms with Crippen LogP contribution >= 0.6 is 0 Å². The van der Waals surface area contributed by atoms with Crippen LogP contribution < -0.4 is 10.2 Å². The van der Waals surface area contributed by atoms with Crippen LogP contribution in [0.15, 0.2) is 24.3 Å². The molecule has 0 saturated heterocycles. The topological polar surface area (TPSA) is 15.3 Å². The third-order valence-electron chi connectivity index (χ3n) is 4.68. The molecule has 1 aliphatic heterocycles. The highest BCUT2D eigenvalue weighted by Crippen LogP contribution is 2.42. The first-order chi connectivity index (χ1) is 9.87. The van der Waals surface area contributed by atoms with Gasteiger partial charge >= 0.3 is 6.18 Å². The standard InChI is InChI=1S/C16H21F3N2/c1-15(13-6-7-13)11-21(9-8-16(17,18)19)14-5-3-2-4-12(14)10-20-15/h2-5,13,20H,6-11H2,1H3. The average molecular weight is 298 g/mol. The molecule has 1 N–H and O–H groups in total. The number of benzene rings is 1. The molecule has 1 saturated carbocycles. The summed E-state index contributed by atoms with van der Waals surface area (Å²) in [7, 11) is 0. The predicted octanol–water partition coefficient (Wildman–Crippen LogP) is 3.72. The minimum atomic E-state index is -4.11. The van der Waals surface area contributed by atoms with Crippen molar-refractivity contribution in [3.63, 3.8) is 0 Å². The zero-order valence-corrected chi connectivity index (χ0v) is 12.2. The molecule has 1 heterocycles. The normalized spacial score (nSPS) is 26.4. The summed E-state index contributed by atoms with van der Waals surface area (Å²) in [5.74, 6) is 0.584. The Morgan fingerprint density at radius 2 is 2.00 bits per heavy atom. The van der Waals surface area contributed by atoms with Crippen molar-refractivity contribution in [2.24, 2.45) is 5.92 Å². The largest absolute Gasteiger partial charge is 0.390 e. The molecule has 3 rings (SSSR count). The molecule has 1 aromatic rings. The molecule has 2 aliphatic rings. The Morgan fingerprint density at radius 1 is 1.29 bits per heavy atom. The van der Waals surface area contributed by atoms with Crippen molar-refractivity contribution in [1.29, 1.82) is 0 Å². The molecule has 1 aromatic carbocycles. The van der Waals surface area contributed by atoms with Gasteiger partial charge in [-0.25, -0.2) is 0 Å². The molecule has 0 amide bonds. The number of hydrogen-bond acceptors (Lipinski definition) is 2. The Balaban J connectivity index is 1.85. The molecule has 1 atom stereocenters. The molecule has 2 nitrogen and oxygen atoms in total. The number of hydrogen-bond donors (Lipinski definition) is 1. The molecule has 0 bridgehead atoms. The highest BCUT2D eigenvalue weighted by atomic mass is 19.4. The number of rotatable bonds is 3. The van der Waals surface area contributed by atoms with Crippen molar-refractivity contribution in [3.05, 3.63) is 29.8 Å². The Morgan fingerprint density at radius 3 is 2.67 bits per heavy atom. The Hall–Kier alpha value is -1.23. The number of fused-ring (bicyclic) bond motifs is 1. The average Bonchev–Trinajstić information content (AvgIpc) is 3.25. The number of alkyl halides is 3. The monoisotopic (exact) mass is 298 g/mol. The number of anilines is 1. The third kappa shape index (κ3) is 3.34. The summed E-state index contributed by atoms with van der Waals surface area (Å²) >= 11 is 0. The van der Waals surface area contributed by atoms with Crippen molar-refractivity contribution < 1.29 is 13.2 Å². The lowest BCUT2D eigenvalue weighted by Crippen LogP contribution is -2.51. The van der Waals surface area contributed by atoms with Gasteiger partial charge in [0.15, 0.2) is 0 Å². The van der Waals surface area contributed by atoms with E-state index in [0.29, 0.717) is 12.5 Å². The van der Waals surface area contributed by atoms with E-state index >= 15 is 0 Å². The molecule has 1 unspecified atom stereocenters. The molecule has 5 heteroatoms. The lowest BCUT2D eigenvalue weighted by molar-refractivity contribution is -0.132. The molecule has 116 valence electrons. The fourth-order valence-corrected chi connectivity index (χ4v) is 3.26. The molecule has 21 heavy (non-hydrogen) atoms. The SMILES string of the molecule is CC1(C2CC2)CN(CCC(F)(F)F)c2ccccc2CN1. The maximum Gasteiger partial charge on any atom is 0.390 e. The fourth-order valence-electron chi connectivity index (χ4n) is 3.26. The number of halogens is 3. The van der Waals surface area contributed by atoms with Gasteiger partial charge in [0, 0.05) is 30.9 Å². The number of para-hydroxylation sites is 1. The van der Waals surface area contributed by atoms with E-state index in [0.717, 1.165) is 17.8 Å². The second kappa shape index (κ2) is 5.20. The summed E-state index contributed by atoms with van der Waals surface area (Å²) in [5.41, 5.74) is 1.94. The predicted molar refractivity (Wildman–Crippen MR) is 77.3 cm³/mol. The summed E-state index contributed by atoms with van der Waals surface area (Å²) in [5, 5.41) is 3.58. The number of nitrogens with zero attached hydrogens (tertiary/aromatic N) is 1. The van der Waals surface area contributed by atoms with Gasteiger partial charge in [0.25, 0.3) is 0 Å². The minimum absolute atomic E-state index is 0.0322. The molecular formula is C16H21F3N2. The third-order valence-corrected chi connectivity index (χ3v) is 4.68. The van der Waals surface area contributed by atoms with Gasteiger partial charge < -0.3 is 10.2 Å². The second-order valence-corrected chi connectivity index (χ2v) is 6.46. The summed E-state index contributed by atoms with van der Waals surface area (Å²) in [6, 6.07) is 7.79. The lowest BCUT2D eigenvalue weighted by atomic mass is 9.95. The quantitative estimate of drug-likeness (QED) is 0.915. The summed E-state index contributed by atoms with van der Waals surface area (Å²) in [4.78, 5) is 1.92. The zero-order valence-electron chi connectivity index (χ0n) is 12.2. The summed E-state index contributed by atoms with van der Waals surface area (Å²) < 4.78 is 37.8. The van der Waals surface area contributed by atoms with E-state index in [2.05, 4.69) is 12.2 Å². The van der Waals surface area contributed by atoms with Gasteiger partial charge in [0.1, 0.15) is 0 Å². The molecule has 1 aliphatic carbocycles. The van der Waals surface area contributed by atoms with Gasteiger partial charge in [0.2, 0.25) is 0 Å². The van der Waals surface area contributed by atoms with Gasteiger partial charge in [-0.2, -0.15) is 13.2 Å². The van der Waals surface area contributed by atoms with Crippen molar-refractivity contribution in [1.82, 2.24) is 5.32 Å². The van der Waals surface area contributed by atoms with Crippen LogP contribution in [0.4, 0.5) is 18.9 Å². The molecule has 0 spiro atoms. The molecule has 0 aromatic heterocycles. The Kier molecular flexibility index (Phi) is 3.64. The van der Waals surface area contributed by atoms with Crippen LogP contribution in [0.5, 0.6) is 0 Å². The number of nitrogens with one attached hydrogen (secondary N) is 1. The van der Waals surface area contributed by atoms with E-state index in [1.165, 1.54) is 12.8 Å². The zero-order chi connectivity index (χ0) is 15.1. The van der Waals surface area contributed by atoms with Gasteiger partial charge in [-0.15, -0.1) is 0 Å². The van der Waals surface area contributed by atoms with Crippen LogP contribution in [0.1, 0.15) is 31.7 Å². The van der Waals surface area contributed by atoms with Crippen LogP contribution in [0, 0.1) is 5.92 Å². The van der Waals surface area contributed by atoms with Crippen LogP contribution in [-0.4, -0.2) is 24.8 Å². The first-order valence-corrected chi connectivity index (χ1v) is 7.52. The summed E-state index contributed by atoms with van der Waals surface area (Å²) in [6.45, 7) is 3.55. The fraction of sp³-hybridized carbons (Fsp3) is 0.625. The van der Waals surface area contributed by atoms with E-state index in [4.69, 9.17) is 0 Å². The minimum Gasteiger partial charge on any atom is -0.369 e. The Bertz CT molecular complexity index is 510. The lowest BCUT2D eigenvalue weighted by Gasteiger charge is -2.35. The van der Waals surface area contributed by atoms with Crippen LogP contribution in [0.25, 0.3) is 0 Å². The van der Waals surface area contributed by atoms with E-state index < -0.39 is 12.6 Å². The first-order valence-electron chi connectivity index (χ1n) is 7.52. The van der Waals surface area contributed by atoms with Crippen molar-refractivity contribution in [2.45, 2.75) is 44.4 Å². The van der Waals surface area contributed by atoms with Crippen LogP contribution in [-0.2, 0) is 6.54 Å². The molecule has 1 fully saturated rings. The van der Waals surface area contributed by atoms with Crippen LogP contribution in [0.2, 0.25) is 0 Å². The Labute approximate surface area is 123 Å². The molecular weight excluding hydrogens is 277 g/mol. The first kappa shape index (κ1) is 14.7. The van der Waals surface area contributed by atoms with E-state index in [9.17, 15) is 13.2 Å². The van der Waals surface area contributed by atoms with E-state index in [1.54, 1.807) is 0 Å². The van der Waals surface area contributed by atoms with Gasteiger partial charge in [-0.05, 0) is 37.3 Å². The summed E-state index contributed by atoms with van der Waals surface area (Å²) in [6.07, 6.45) is -2.52. The van der Waals surface area contributed by atoms with Gasteiger partial charge in [0.05, 0.1) is 6.42 Å². The van der Waals surface area contributed by atoms with Gasteiger partial charge in [-0.3, -0.25) is 0 Å².